The highest BCUT2D eigenvalue weighted by Crippen LogP contribution is 2.38. The van der Waals surface area contributed by atoms with Crippen LogP contribution in [0.1, 0.15) is 189 Å². The van der Waals surface area contributed by atoms with Gasteiger partial charge in [0.2, 0.25) is 0 Å². The summed E-state index contributed by atoms with van der Waals surface area (Å²) < 4.78 is 39.5. The predicted molar refractivity (Wildman–Crippen MR) is 219 cm³/mol. The number of ether oxygens (including phenoxy) is 4. The van der Waals surface area contributed by atoms with Crippen LogP contribution in [-0.2, 0) is 37.6 Å². The molecule has 0 aliphatic heterocycles. The zero-order chi connectivity index (χ0) is 42.1. The lowest BCUT2D eigenvalue weighted by molar-refractivity contribution is -0.236. The summed E-state index contributed by atoms with van der Waals surface area (Å²) in [6.45, 7) is 7.43. The minimum Gasteiger partial charge on any atom is -0.465 e. The molecule has 0 aliphatic carbocycles. The SMILES string of the molecule is CCCCCCCCCCCCCC(=O)O[C@H](CCCCCCCCCCC)CC(=O)OC[C@H](C)C(OCC(CC)(CO)CO)OC(CO)[C@H](C)OP(=O)(O)O. The molecular weight excluding hydrogens is 743 g/mol. The van der Waals surface area contributed by atoms with Crippen LogP contribution in [0.4, 0.5) is 0 Å². The molecule has 0 aromatic carbocycles. The molecule has 0 aromatic rings. The van der Waals surface area contributed by atoms with Gasteiger partial charge >= 0.3 is 19.8 Å². The van der Waals surface area contributed by atoms with Gasteiger partial charge in [-0.3, -0.25) is 14.1 Å². The van der Waals surface area contributed by atoms with E-state index in [1.807, 2.05) is 0 Å². The van der Waals surface area contributed by atoms with Crippen LogP contribution >= 0.6 is 7.82 Å². The van der Waals surface area contributed by atoms with Crippen molar-refractivity contribution in [1.82, 2.24) is 0 Å². The van der Waals surface area contributed by atoms with Crippen molar-refractivity contribution in [3.05, 3.63) is 0 Å². The Morgan fingerprint density at radius 2 is 1.16 bits per heavy atom. The van der Waals surface area contributed by atoms with Gasteiger partial charge in [0, 0.05) is 17.8 Å². The third-order valence-electron chi connectivity index (χ3n) is 10.6. The van der Waals surface area contributed by atoms with Crippen LogP contribution in [0.15, 0.2) is 0 Å². The van der Waals surface area contributed by atoms with Gasteiger partial charge in [-0.2, -0.15) is 0 Å². The summed E-state index contributed by atoms with van der Waals surface area (Å²) in [5.74, 6) is -1.54. The fraction of sp³-hybridized carbons (Fsp3) is 0.952. The molecule has 0 saturated carbocycles. The number of hydrogen-bond donors (Lipinski definition) is 5. The van der Waals surface area contributed by atoms with Crippen molar-refractivity contribution >= 4 is 19.8 Å². The van der Waals surface area contributed by atoms with E-state index in [0.29, 0.717) is 19.3 Å². The second kappa shape index (κ2) is 34.7. The third-order valence-corrected chi connectivity index (χ3v) is 11.2. The van der Waals surface area contributed by atoms with Crippen molar-refractivity contribution < 1.29 is 62.7 Å². The van der Waals surface area contributed by atoms with E-state index in [-0.39, 0.29) is 38.8 Å². The third kappa shape index (κ3) is 29.1. The van der Waals surface area contributed by atoms with Crippen molar-refractivity contribution in [2.45, 2.75) is 213 Å². The van der Waals surface area contributed by atoms with Gasteiger partial charge in [-0.25, -0.2) is 4.57 Å². The lowest BCUT2D eigenvalue weighted by Crippen LogP contribution is -2.43. The van der Waals surface area contributed by atoms with E-state index >= 15 is 0 Å². The summed E-state index contributed by atoms with van der Waals surface area (Å²) in [6.07, 6.45) is 20.1. The summed E-state index contributed by atoms with van der Waals surface area (Å²) in [4.78, 5) is 44.6. The highest BCUT2D eigenvalue weighted by Gasteiger charge is 2.34. The van der Waals surface area contributed by atoms with Crippen LogP contribution in [0.3, 0.4) is 0 Å². The highest BCUT2D eigenvalue weighted by atomic mass is 31.2. The molecule has 0 fully saturated rings. The quantitative estimate of drug-likeness (QED) is 0.0170. The maximum atomic E-state index is 13.2. The molecule has 5 N–H and O–H groups in total. The second-order valence-corrected chi connectivity index (χ2v) is 17.1. The van der Waals surface area contributed by atoms with E-state index in [0.717, 1.165) is 44.9 Å². The number of aliphatic hydroxyl groups excluding tert-OH is 3. The summed E-state index contributed by atoms with van der Waals surface area (Å²) in [6, 6.07) is 0. The first kappa shape index (κ1) is 54.9. The normalized spacial score (nSPS) is 15.0. The molecule has 0 amide bonds. The molecule has 0 aromatic heterocycles. The Labute approximate surface area is 339 Å². The maximum Gasteiger partial charge on any atom is 0.469 e. The van der Waals surface area contributed by atoms with Crippen LogP contribution in [0.2, 0.25) is 0 Å². The molecule has 0 heterocycles. The van der Waals surface area contributed by atoms with Crippen LogP contribution in [-0.4, -0.2) is 94.7 Å². The average molecular weight is 827 g/mol. The van der Waals surface area contributed by atoms with E-state index in [2.05, 4.69) is 13.8 Å². The van der Waals surface area contributed by atoms with Gasteiger partial charge in [0.25, 0.3) is 0 Å². The molecule has 0 rings (SSSR count). The van der Waals surface area contributed by atoms with Crippen molar-refractivity contribution in [3.63, 3.8) is 0 Å². The number of hydrogen-bond acceptors (Lipinski definition) is 11. The Bertz CT molecular complexity index is 981. The number of rotatable bonds is 40. The van der Waals surface area contributed by atoms with Gasteiger partial charge in [-0.15, -0.1) is 0 Å². The Kier molecular flexibility index (Phi) is 34.0. The summed E-state index contributed by atoms with van der Waals surface area (Å²) >= 11 is 0. The van der Waals surface area contributed by atoms with Crippen LogP contribution in [0, 0.1) is 11.3 Å². The van der Waals surface area contributed by atoms with Gasteiger partial charge in [0.1, 0.15) is 12.2 Å². The number of phosphoric ester groups is 1. The number of carbonyl (C=O) groups is 2. The second-order valence-electron chi connectivity index (χ2n) is 15.9. The van der Waals surface area contributed by atoms with Crippen molar-refractivity contribution in [3.8, 4) is 0 Å². The van der Waals surface area contributed by atoms with Crippen LogP contribution in [0.5, 0.6) is 0 Å². The van der Waals surface area contributed by atoms with Gasteiger partial charge < -0.3 is 44.1 Å². The van der Waals surface area contributed by atoms with Gasteiger partial charge in [-0.05, 0) is 32.6 Å². The monoisotopic (exact) mass is 827 g/mol. The molecule has 14 heteroatoms. The number of unbranched alkanes of at least 4 members (excludes halogenated alkanes) is 18. The fourth-order valence-electron chi connectivity index (χ4n) is 6.43. The average Bonchev–Trinajstić information content (AvgIpc) is 3.16. The van der Waals surface area contributed by atoms with Crippen molar-refractivity contribution in [1.29, 1.82) is 0 Å². The van der Waals surface area contributed by atoms with Gasteiger partial charge in [0.05, 0.1) is 45.6 Å². The first-order valence-electron chi connectivity index (χ1n) is 22.0. The number of aliphatic hydroxyl groups is 3. The summed E-state index contributed by atoms with van der Waals surface area (Å²) in [5.41, 5.74) is -1.000. The van der Waals surface area contributed by atoms with Crippen molar-refractivity contribution in [2.75, 3.05) is 33.0 Å². The molecule has 0 saturated heterocycles. The molecule has 13 nitrogen and oxygen atoms in total. The molecule has 2 unspecified atom stereocenters. The number of esters is 2. The Morgan fingerprint density at radius 3 is 1.61 bits per heavy atom. The van der Waals surface area contributed by atoms with Crippen LogP contribution < -0.4 is 0 Å². The Hall–Kier alpha value is -1.15. The minimum atomic E-state index is -4.90. The fourth-order valence-corrected chi connectivity index (χ4v) is 7.00. The first-order chi connectivity index (χ1) is 26.8. The van der Waals surface area contributed by atoms with Crippen LogP contribution in [0.25, 0.3) is 0 Å². The molecule has 5 atom stereocenters. The molecule has 0 aliphatic rings. The predicted octanol–water partition coefficient (Wildman–Crippen LogP) is 8.69. The molecule has 0 radical (unpaired) electrons. The summed E-state index contributed by atoms with van der Waals surface area (Å²) in [5, 5.41) is 29.8. The molecule has 0 spiro atoms. The molecule has 0 bridgehead atoms. The lowest BCUT2D eigenvalue weighted by Gasteiger charge is -2.34. The van der Waals surface area contributed by atoms with E-state index in [4.69, 9.17) is 23.5 Å². The van der Waals surface area contributed by atoms with Gasteiger partial charge in [0.15, 0.2) is 6.29 Å². The molecule has 334 valence electrons. The zero-order valence-corrected chi connectivity index (χ0v) is 36.7. The van der Waals surface area contributed by atoms with E-state index in [1.165, 1.54) is 90.4 Å². The van der Waals surface area contributed by atoms with E-state index in [1.54, 1.807) is 13.8 Å². The Balaban J connectivity index is 5.33. The zero-order valence-electron chi connectivity index (χ0n) is 35.8. The minimum absolute atomic E-state index is 0.111. The number of carbonyl (C=O) groups excluding carboxylic acids is 2. The first-order valence-corrected chi connectivity index (χ1v) is 23.5. The smallest absolute Gasteiger partial charge is 0.465 e. The number of phosphoric acid groups is 1. The Morgan fingerprint density at radius 1 is 0.679 bits per heavy atom. The van der Waals surface area contributed by atoms with Crippen molar-refractivity contribution in [2.24, 2.45) is 11.3 Å². The van der Waals surface area contributed by atoms with Gasteiger partial charge in [-0.1, -0.05) is 143 Å². The van der Waals surface area contributed by atoms with E-state index < -0.39 is 56.3 Å². The topological polar surface area (TPSA) is 199 Å². The highest BCUT2D eigenvalue weighted by molar-refractivity contribution is 7.46. The maximum absolute atomic E-state index is 13.2. The largest absolute Gasteiger partial charge is 0.469 e. The molecule has 56 heavy (non-hydrogen) atoms. The van der Waals surface area contributed by atoms with E-state index in [9.17, 15) is 39.3 Å². The standard InChI is InChI=1S/C42H83O13P/c1-6-9-11-13-15-17-18-20-22-24-26-28-39(46)53-37(27-25-23-21-19-16-14-12-10-7-2)29-40(47)51-31-35(4)41(52-34-42(8-3,32-44)33-45)54-38(30-43)36(5)55-56(48,49)50/h35-38,41,43-45H,6-34H2,1-5H3,(H2,48,49,50)/t35-,36-,37+,38?,41?/m0/s1. The summed E-state index contributed by atoms with van der Waals surface area (Å²) in [7, 11) is -4.90. The molecular formula is C42H83O13P. The lowest BCUT2D eigenvalue weighted by atomic mass is 9.88.